The maximum Gasteiger partial charge on any atom is 0.160 e. The quantitative estimate of drug-likeness (QED) is 0.287. The molecular weight excluding hydrogens is 336 g/mol. The Hall–Kier alpha value is -2.31. The molecule has 6 heteroatoms. The van der Waals surface area contributed by atoms with Gasteiger partial charge in [0, 0.05) is 12.0 Å². The van der Waals surface area contributed by atoms with Gasteiger partial charge in [-0.15, -0.1) is 0 Å². The third kappa shape index (κ3) is 5.92. The molecule has 2 rings (SSSR count). The molecule has 0 radical (unpaired) electrons. The smallest absolute Gasteiger partial charge is 0.160 e. The van der Waals surface area contributed by atoms with Crippen LogP contribution in [0.15, 0.2) is 79.5 Å². The molecule has 0 saturated heterocycles. The number of nitrogens with zero attached hydrogens (tertiary/aromatic N) is 2. The van der Waals surface area contributed by atoms with E-state index in [4.69, 9.17) is 14.2 Å². The summed E-state index contributed by atoms with van der Waals surface area (Å²) in [7, 11) is 3.27. The summed E-state index contributed by atoms with van der Waals surface area (Å²) in [5.74, 6) is 1.39. The molecule has 1 aliphatic carbocycles. The van der Waals surface area contributed by atoms with Gasteiger partial charge in [-0.05, 0) is 43.0 Å². The van der Waals surface area contributed by atoms with Gasteiger partial charge < -0.3 is 14.2 Å². The second kappa shape index (κ2) is 10.5. The molecule has 0 heterocycles. The molecule has 1 aromatic rings. The van der Waals surface area contributed by atoms with E-state index in [1.165, 1.54) is 6.34 Å². The third-order valence-corrected chi connectivity index (χ3v) is 4.38. The minimum Gasteiger partial charge on any atom is -0.493 e. The zero-order valence-corrected chi connectivity index (χ0v) is 15.3. The minimum absolute atomic E-state index is 0.478. The molecule has 0 aromatic heterocycles. The van der Waals surface area contributed by atoms with Gasteiger partial charge >= 0.3 is 0 Å². The van der Waals surface area contributed by atoms with Gasteiger partial charge in [-0.3, -0.25) is 4.99 Å². The number of allylic oxidation sites excluding steroid dienone is 3. The number of benzene rings is 1. The first-order valence-corrected chi connectivity index (χ1v) is 8.62. The van der Waals surface area contributed by atoms with Crippen LogP contribution in [0.2, 0.25) is 0 Å². The summed E-state index contributed by atoms with van der Waals surface area (Å²) in [6.45, 7) is 4.46. The normalized spacial score (nSPS) is 16.2. The Kier molecular flexibility index (Phi) is 8.01. The van der Waals surface area contributed by atoms with Crippen LogP contribution in [0.4, 0.5) is 0 Å². The number of hydrogen-bond acceptors (Lipinski definition) is 5. The fraction of sp³-hybridized carbons (Fsp3) is 0.263. The summed E-state index contributed by atoms with van der Waals surface area (Å²) in [4.78, 5) is 9.25. The van der Waals surface area contributed by atoms with Gasteiger partial charge in [-0.25, -0.2) is 4.99 Å². The Morgan fingerprint density at radius 2 is 2.00 bits per heavy atom. The Labute approximate surface area is 152 Å². The molecule has 0 aliphatic heterocycles. The summed E-state index contributed by atoms with van der Waals surface area (Å²) in [5, 5.41) is 0.848. The van der Waals surface area contributed by atoms with Crippen LogP contribution >= 0.6 is 11.8 Å². The minimum atomic E-state index is 0.478. The SMILES string of the molecule is C=N/C=N\C(Sc1ccccc1)=C1\C=C(OC)C(OCCOC)=CC1. The Balaban J connectivity index is 2.25. The second-order valence-corrected chi connectivity index (χ2v) is 6.06. The van der Waals surface area contributed by atoms with Crippen molar-refractivity contribution in [2.75, 3.05) is 27.4 Å². The number of methoxy groups -OCH3 is 2. The summed E-state index contributed by atoms with van der Waals surface area (Å²) in [6.07, 6.45) is 6.09. The van der Waals surface area contributed by atoms with Crippen molar-refractivity contribution in [3.63, 3.8) is 0 Å². The maximum absolute atomic E-state index is 5.70. The molecule has 25 heavy (non-hydrogen) atoms. The lowest BCUT2D eigenvalue weighted by Crippen LogP contribution is -2.07. The third-order valence-electron chi connectivity index (χ3n) is 3.31. The van der Waals surface area contributed by atoms with Gasteiger partial charge in [-0.1, -0.05) is 30.0 Å². The van der Waals surface area contributed by atoms with Crippen molar-refractivity contribution >= 4 is 24.8 Å². The van der Waals surface area contributed by atoms with E-state index < -0.39 is 0 Å². The van der Waals surface area contributed by atoms with E-state index in [1.807, 2.05) is 42.5 Å². The summed E-state index contributed by atoms with van der Waals surface area (Å²) >= 11 is 1.57. The molecule has 1 aliphatic rings. The van der Waals surface area contributed by atoms with E-state index in [1.54, 1.807) is 26.0 Å². The van der Waals surface area contributed by atoms with Crippen LogP contribution in [0, 0.1) is 0 Å². The standard InChI is InChI=1S/C19H22N2O3S/c1-20-14-21-19(25-16-7-5-4-6-8-16)15-9-10-17(18(13-15)23-3)24-12-11-22-2/h4-8,10,13-14H,1,9,11-12H2,2-3H3/b19-15-,21-14-. The highest BCUT2D eigenvalue weighted by Crippen LogP contribution is 2.34. The average Bonchev–Trinajstić information content (AvgIpc) is 2.66. The van der Waals surface area contributed by atoms with Crippen LogP contribution in [0.25, 0.3) is 0 Å². The zero-order chi connectivity index (χ0) is 17.9. The van der Waals surface area contributed by atoms with Crippen LogP contribution in [-0.4, -0.2) is 40.5 Å². The van der Waals surface area contributed by atoms with E-state index in [9.17, 15) is 0 Å². The van der Waals surface area contributed by atoms with E-state index in [0.29, 0.717) is 25.4 Å². The fourth-order valence-electron chi connectivity index (χ4n) is 2.13. The molecule has 0 unspecified atom stereocenters. The summed E-state index contributed by atoms with van der Waals surface area (Å²) in [6, 6.07) is 10.1. The van der Waals surface area contributed by atoms with Gasteiger partial charge in [0.1, 0.15) is 18.0 Å². The van der Waals surface area contributed by atoms with Gasteiger partial charge in [0.25, 0.3) is 0 Å². The van der Waals surface area contributed by atoms with Crippen LogP contribution < -0.4 is 0 Å². The monoisotopic (exact) mass is 358 g/mol. The van der Waals surface area contributed by atoms with Crippen molar-refractivity contribution in [2.45, 2.75) is 11.3 Å². The van der Waals surface area contributed by atoms with E-state index >= 15 is 0 Å². The molecule has 132 valence electrons. The first-order valence-electron chi connectivity index (χ1n) is 7.81. The van der Waals surface area contributed by atoms with E-state index in [0.717, 1.165) is 21.3 Å². The van der Waals surface area contributed by atoms with Gasteiger partial charge in [-0.2, -0.15) is 0 Å². The lowest BCUT2D eigenvalue weighted by molar-refractivity contribution is 0.101. The van der Waals surface area contributed by atoms with Crippen LogP contribution in [0.1, 0.15) is 6.42 Å². The highest BCUT2D eigenvalue weighted by atomic mass is 32.2. The lowest BCUT2D eigenvalue weighted by atomic mass is 10.1. The Morgan fingerprint density at radius 1 is 1.20 bits per heavy atom. The number of ether oxygens (including phenoxy) is 3. The van der Waals surface area contributed by atoms with E-state index in [-0.39, 0.29) is 0 Å². The first-order chi connectivity index (χ1) is 12.3. The molecule has 0 bridgehead atoms. The predicted molar refractivity (Wildman–Crippen MR) is 103 cm³/mol. The van der Waals surface area contributed by atoms with Crippen molar-refractivity contribution in [3.05, 3.63) is 64.6 Å². The van der Waals surface area contributed by atoms with Crippen molar-refractivity contribution < 1.29 is 14.2 Å². The van der Waals surface area contributed by atoms with Gasteiger partial charge in [0.05, 0.1) is 13.7 Å². The molecule has 5 nitrogen and oxygen atoms in total. The van der Waals surface area contributed by atoms with Gasteiger partial charge in [0.2, 0.25) is 0 Å². The van der Waals surface area contributed by atoms with Crippen LogP contribution in [-0.2, 0) is 14.2 Å². The molecule has 0 fully saturated rings. The van der Waals surface area contributed by atoms with Crippen molar-refractivity contribution in [1.29, 1.82) is 0 Å². The first kappa shape index (κ1) is 19.0. The summed E-state index contributed by atoms with van der Waals surface area (Å²) < 4.78 is 16.2. The van der Waals surface area contributed by atoms with Crippen molar-refractivity contribution in [3.8, 4) is 0 Å². The molecule has 0 atom stereocenters. The highest BCUT2D eigenvalue weighted by molar-refractivity contribution is 8.03. The molecule has 0 amide bonds. The van der Waals surface area contributed by atoms with Crippen molar-refractivity contribution in [1.82, 2.24) is 0 Å². The average molecular weight is 358 g/mol. The van der Waals surface area contributed by atoms with Crippen LogP contribution in [0.5, 0.6) is 0 Å². The number of aliphatic imine (C=N–C) groups is 2. The van der Waals surface area contributed by atoms with Crippen LogP contribution in [0.3, 0.4) is 0 Å². The highest BCUT2D eigenvalue weighted by Gasteiger charge is 2.16. The molecule has 0 spiro atoms. The van der Waals surface area contributed by atoms with Crippen molar-refractivity contribution in [2.24, 2.45) is 9.98 Å². The number of thioether (sulfide) groups is 1. The Bertz CT molecular complexity index is 694. The summed E-state index contributed by atoms with van der Waals surface area (Å²) in [5.41, 5.74) is 1.03. The number of rotatable bonds is 9. The maximum atomic E-state index is 5.70. The molecule has 1 aromatic carbocycles. The molecule has 0 saturated carbocycles. The number of hydrogen-bond donors (Lipinski definition) is 0. The zero-order valence-electron chi connectivity index (χ0n) is 14.5. The Morgan fingerprint density at radius 3 is 2.68 bits per heavy atom. The second-order valence-electron chi connectivity index (χ2n) is 5.00. The fourth-order valence-corrected chi connectivity index (χ4v) is 3.02. The van der Waals surface area contributed by atoms with E-state index in [2.05, 4.69) is 16.7 Å². The molecule has 0 N–H and O–H groups in total. The molecular formula is C19H22N2O3S. The topological polar surface area (TPSA) is 52.4 Å². The van der Waals surface area contributed by atoms with Gasteiger partial charge in [0.15, 0.2) is 11.5 Å². The largest absolute Gasteiger partial charge is 0.493 e. The predicted octanol–water partition coefficient (Wildman–Crippen LogP) is 4.20. The lowest BCUT2D eigenvalue weighted by Gasteiger charge is -2.18.